The third-order valence-electron chi connectivity index (χ3n) is 2.65. The Labute approximate surface area is 97.2 Å². The molecule has 0 aromatic carbocycles. The van der Waals surface area contributed by atoms with Gasteiger partial charge in [-0.1, -0.05) is 13.3 Å². The maximum atomic E-state index is 5.84. The molecule has 1 aromatic heterocycles. The summed E-state index contributed by atoms with van der Waals surface area (Å²) in [5.41, 5.74) is 7.73. The van der Waals surface area contributed by atoms with E-state index in [9.17, 15) is 0 Å². The van der Waals surface area contributed by atoms with E-state index in [4.69, 9.17) is 10.5 Å². The summed E-state index contributed by atoms with van der Waals surface area (Å²) in [6.45, 7) is 8.65. The minimum Gasteiger partial charge on any atom is -0.383 e. The minimum atomic E-state index is -0.0309. The van der Waals surface area contributed by atoms with Crippen molar-refractivity contribution in [2.24, 2.45) is 0 Å². The van der Waals surface area contributed by atoms with Gasteiger partial charge >= 0.3 is 0 Å². The molecule has 4 heteroatoms. The third kappa shape index (κ3) is 2.92. The zero-order chi connectivity index (χ0) is 12.1. The van der Waals surface area contributed by atoms with Crippen LogP contribution in [-0.4, -0.2) is 16.6 Å². The van der Waals surface area contributed by atoms with Crippen molar-refractivity contribution < 1.29 is 4.74 Å². The SMILES string of the molecule is CCCC(OCC)c1nc(C)c(C)c(N)n1. The Balaban J connectivity index is 3.00. The molecule has 0 aliphatic rings. The average molecular weight is 223 g/mol. The Bertz CT molecular complexity index is 323. The molecule has 0 spiro atoms. The van der Waals surface area contributed by atoms with E-state index in [1.807, 2.05) is 20.8 Å². The molecule has 4 nitrogen and oxygen atoms in total. The summed E-state index contributed by atoms with van der Waals surface area (Å²) in [6.07, 6.45) is 1.94. The number of hydrogen-bond donors (Lipinski definition) is 1. The molecule has 0 bridgehead atoms. The van der Waals surface area contributed by atoms with Crippen molar-refractivity contribution in [3.63, 3.8) is 0 Å². The Morgan fingerprint density at radius 2 is 1.94 bits per heavy atom. The largest absolute Gasteiger partial charge is 0.383 e. The van der Waals surface area contributed by atoms with Gasteiger partial charge < -0.3 is 10.5 Å². The van der Waals surface area contributed by atoms with E-state index in [-0.39, 0.29) is 6.10 Å². The van der Waals surface area contributed by atoms with Crippen LogP contribution in [0.15, 0.2) is 0 Å². The fourth-order valence-electron chi connectivity index (χ4n) is 1.57. The van der Waals surface area contributed by atoms with Gasteiger partial charge in [-0.3, -0.25) is 0 Å². The molecule has 16 heavy (non-hydrogen) atoms. The molecule has 1 heterocycles. The molecule has 1 rings (SSSR count). The summed E-state index contributed by atoms with van der Waals surface area (Å²) in [7, 11) is 0. The lowest BCUT2D eigenvalue weighted by Crippen LogP contribution is -2.12. The number of anilines is 1. The topological polar surface area (TPSA) is 61.0 Å². The lowest BCUT2D eigenvalue weighted by molar-refractivity contribution is 0.0493. The second-order valence-corrected chi connectivity index (χ2v) is 3.91. The van der Waals surface area contributed by atoms with Crippen molar-refractivity contribution in [1.82, 2.24) is 9.97 Å². The quantitative estimate of drug-likeness (QED) is 0.833. The van der Waals surface area contributed by atoms with Crippen LogP contribution in [0.3, 0.4) is 0 Å². The number of rotatable bonds is 5. The second kappa shape index (κ2) is 5.80. The second-order valence-electron chi connectivity index (χ2n) is 3.91. The van der Waals surface area contributed by atoms with Crippen molar-refractivity contribution in [1.29, 1.82) is 0 Å². The molecule has 1 unspecified atom stereocenters. The summed E-state index contributed by atoms with van der Waals surface area (Å²) in [4.78, 5) is 8.77. The van der Waals surface area contributed by atoms with E-state index in [0.29, 0.717) is 18.2 Å². The summed E-state index contributed by atoms with van der Waals surface area (Å²) < 4.78 is 5.64. The van der Waals surface area contributed by atoms with E-state index in [2.05, 4.69) is 16.9 Å². The number of nitrogens with zero attached hydrogens (tertiary/aromatic N) is 2. The van der Waals surface area contributed by atoms with Gasteiger partial charge in [-0.25, -0.2) is 9.97 Å². The van der Waals surface area contributed by atoms with Gasteiger partial charge in [0, 0.05) is 17.9 Å². The standard InChI is InChI=1S/C12H21N3O/c1-5-7-10(16-6-2)12-14-9(4)8(3)11(13)15-12/h10H,5-7H2,1-4H3,(H2,13,14,15). The van der Waals surface area contributed by atoms with E-state index < -0.39 is 0 Å². The fourth-order valence-corrected chi connectivity index (χ4v) is 1.57. The van der Waals surface area contributed by atoms with Crippen LogP contribution in [0.25, 0.3) is 0 Å². The molecule has 0 saturated heterocycles. The number of hydrogen-bond acceptors (Lipinski definition) is 4. The van der Waals surface area contributed by atoms with Crippen LogP contribution >= 0.6 is 0 Å². The highest BCUT2D eigenvalue weighted by molar-refractivity contribution is 5.40. The maximum Gasteiger partial charge on any atom is 0.159 e. The van der Waals surface area contributed by atoms with E-state index in [0.717, 1.165) is 24.1 Å². The highest BCUT2D eigenvalue weighted by Crippen LogP contribution is 2.22. The summed E-state index contributed by atoms with van der Waals surface area (Å²) in [5.74, 6) is 1.27. The van der Waals surface area contributed by atoms with Crippen LogP contribution in [0.4, 0.5) is 5.82 Å². The number of aromatic nitrogens is 2. The summed E-state index contributed by atoms with van der Waals surface area (Å²) in [5, 5.41) is 0. The average Bonchev–Trinajstić information content (AvgIpc) is 2.25. The monoisotopic (exact) mass is 223 g/mol. The first-order chi connectivity index (χ1) is 7.60. The van der Waals surface area contributed by atoms with Crippen molar-refractivity contribution in [2.75, 3.05) is 12.3 Å². The van der Waals surface area contributed by atoms with Crippen LogP contribution in [0, 0.1) is 13.8 Å². The molecule has 0 amide bonds. The van der Waals surface area contributed by atoms with Crippen LogP contribution in [0.2, 0.25) is 0 Å². The molecule has 0 aliphatic carbocycles. The van der Waals surface area contributed by atoms with Crippen LogP contribution in [-0.2, 0) is 4.74 Å². The molecule has 0 saturated carbocycles. The number of nitrogen functional groups attached to an aromatic ring is 1. The maximum absolute atomic E-state index is 5.84. The molecule has 0 fully saturated rings. The van der Waals surface area contributed by atoms with Crippen molar-refractivity contribution in [3.05, 3.63) is 17.1 Å². The van der Waals surface area contributed by atoms with Gasteiger partial charge in [0.2, 0.25) is 0 Å². The first-order valence-corrected chi connectivity index (χ1v) is 5.82. The lowest BCUT2D eigenvalue weighted by atomic mass is 10.1. The van der Waals surface area contributed by atoms with Gasteiger partial charge in [-0.2, -0.15) is 0 Å². The minimum absolute atomic E-state index is 0.0309. The first-order valence-electron chi connectivity index (χ1n) is 5.82. The number of ether oxygens (including phenoxy) is 1. The predicted molar refractivity (Wildman–Crippen MR) is 65.2 cm³/mol. The number of aryl methyl sites for hydroxylation is 1. The molecular formula is C12H21N3O. The Kier molecular flexibility index (Phi) is 4.68. The normalized spacial score (nSPS) is 12.8. The molecule has 0 radical (unpaired) electrons. The van der Waals surface area contributed by atoms with Crippen molar-refractivity contribution in [2.45, 2.75) is 46.6 Å². The zero-order valence-electron chi connectivity index (χ0n) is 10.6. The summed E-state index contributed by atoms with van der Waals surface area (Å²) >= 11 is 0. The molecular weight excluding hydrogens is 202 g/mol. The van der Waals surface area contributed by atoms with E-state index >= 15 is 0 Å². The van der Waals surface area contributed by atoms with Crippen molar-refractivity contribution >= 4 is 5.82 Å². The van der Waals surface area contributed by atoms with Crippen molar-refractivity contribution in [3.8, 4) is 0 Å². The Morgan fingerprint density at radius 1 is 1.25 bits per heavy atom. The fraction of sp³-hybridized carbons (Fsp3) is 0.667. The van der Waals surface area contributed by atoms with Crippen LogP contribution in [0.1, 0.15) is 49.9 Å². The zero-order valence-corrected chi connectivity index (χ0v) is 10.6. The molecule has 0 aliphatic heterocycles. The van der Waals surface area contributed by atoms with Crippen LogP contribution in [0.5, 0.6) is 0 Å². The van der Waals surface area contributed by atoms with E-state index in [1.165, 1.54) is 0 Å². The number of nitrogens with two attached hydrogens (primary N) is 1. The van der Waals surface area contributed by atoms with Gasteiger partial charge in [0.15, 0.2) is 5.82 Å². The Hall–Kier alpha value is -1.16. The van der Waals surface area contributed by atoms with Gasteiger partial charge in [-0.15, -0.1) is 0 Å². The molecule has 2 N–H and O–H groups in total. The predicted octanol–water partition coefficient (Wildman–Crippen LogP) is 2.55. The van der Waals surface area contributed by atoms with Gasteiger partial charge in [-0.05, 0) is 27.2 Å². The highest BCUT2D eigenvalue weighted by atomic mass is 16.5. The van der Waals surface area contributed by atoms with Gasteiger partial charge in [0.1, 0.15) is 11.9 Å². The van der Waals surface area contributed by atoms with Gasteiger partial charge in [0.05, 0.1) is 0 Å². The van der Waals surface area contributed by atoms with Crippen LogP contribution < -0.4 is 5.73 Å². The third-order valence-corrected chi connectivity index (χ3v) is 2.65. The molecule has 1 atom stereocenters. The highest BCUT2D eigenvalue weighted by Gasteiger charge is 2.16. The first kappa shape index (κ1) is 12.9. The molecule has 90 valence electrons. The summed E-state index contributed by atoms with van der Waals surface area (Å²) in [6, 6.07) is 0. The Morgan fingerprint density at radius 3 is 2.44 bits per heavy atom. The van der Waals surface area contributed by atoms with E-state index in [1.54, 1.807) is 0 Å². The lowest BCUT2D eigenvalue weighted by Gasteiger charge is -2.16. The van der Waals surface area contributed by atoms with Gasteiger partial charge in [0.25, 0.3) is 0 Å². The molecule has 1 aromatic rings. The smallest absolute Gasteiger partial charge is 0.159 e.